The van der Waals surface area contributed by atoms with Gasteiger partial charge in [-0.05, 0) is 55.2 Å². The third-order valence-electron chi connectivity index (χ3n) is 4.38. The predicted octanol–water partition coefficient (Wildman–Crippen LogP) is 3.38. The van der Waals surface area contributed by atoms with E-state index in [1.54, 1.807) is 12.1 Å². The number of aliphatic hydroxyl groups excluding tert-OH is 1. The lowest BCUT2D eigenvalue weighted by Gasteiger charge is -2.39. The molecule has 1 spiro atoms. The summed E-state index contributed by atoms with van der Waals surface area (Å²) in [6.45, 7) is 1.08. The van der Waals surface area contributed by atoms with Crippen molar-refractivity contribution in [3.05, 3.63) is 29.3 Å². The fraction of sp³-hybridized carbons (Fsp3) is 0.625. The van der Waals surface area contributed by atoms with Crippen molar-refractivity contribution >= 4 is 23.4 Å². The molecule has 0 radical (unpaired) electrons. The summed E-state index contributed by atoms with van der Waals surface area (Å²) in [4.78, 5) is 0. The minimum atomic E-state index is -0.438. The van der Waals surface area contributed by atoms with E-state index >= 15 is 0 Å². The molecule has 0 aliphatic carbocycles. The second-order valence-electron chi connectivity index (χ2n) is 5.92. The first-order valence-electron chi connectivity index (χ1n) is 7.45. The highest BCUT2D eigenvalue weighted by Gasteiger charge is 2.42. The summed E-state index contributed by atoms with van der Waals surface area (Å²) >= 11 is 7.80. The van der Waals surface area contributed by atoms with Crippen molar-refractivity contribution in [1.29, 1.82) is 0 Å². The van der Waals surface area contributed by atoms with Gasteiger partial charge in [0.05, 0.1) is 11.7 Å². The van der Waals surface area contributed by atoms with E-state index in [9.17, 15) is 5.11 Å². The zero-order chi connectivity index (χ0) is 14.7. The van der Waals surface area contributed by atoms with E-state index in [4.69, 9.17) is 21.1 Å². The molecule has 3 rings (SSSR count). The SMILES string of the molecule is OC(COc1ccc(Cl)cc1)C1CCOC2(CCSC2)C1. The highest BCUT2D eigenvalue weighted by molar-refractivity contribution is 7.99. The van der Waals surface area contributed by atoms with Gasteiger partial charge >= 0.3 is 0 Å². The van der Waals surface area contributed by atoms with E-state index in [0.717, 1.165) is 37.4 Å². The van der Waals surface area contributed by atoms with Gasteiger partial charge in [0.2, 0.25) is 0 Å². The summed E-state index contributed by atoms with van der Waals surface area (Å²) in [5, 5.41) is 11.1. The van der Waals surface area contributed by atoms with Gasteiger partial charge in [-0.1, -0.05) is 11.6 Å². The van der Waals surface area contributed by atoms with E-state index in [1.165, 1.54) is 5.75 Å². The van der Waals surface area contributed by atoms with Crippen LogP contribution in [0.25, 0.3) is 0 Å². The second-order valence-corrected chi connectivity index (χ2v) is 7.46. The number of thioether (sulfide) groups is 1. The number of rotatable bonds is 4. The Bertz CT molecular complexity index is 459. The zero-order valence-corrected chi connectivity index (χ0v) is 13.5. The molecule has 3 unspecified atom stereocenters. The van der Waals surface area contributed by atoms with Crippen molar-refractivity contribution in [1.82, 2.24) is 0 Å². The van der Waals surface area contributed by atoms with Crippen LogP contribution in [0, 0.1) is 5.92 Å². The molecule has 2 heterocycles. The Morgan fingerprint density at radius 1 is 1.43 bits per heavy atom. The quantitative estimate of drug-likeness (QED) is 0.919. The lowest BCUT2D eigenvalue weighted by Crippen LogP contribution is -2.44. The molecule has 1 N–H and O–H groups in total. The molecule has 0 aromatic heterocycles. The summed E-state index contributed by atoms with van der Waals surface area (Å²) in [7, 11) is 0. The average Bonchev–Trinajstić information content (AvgIpc) is 2.94. The van der Waals surface area contributed by atoms with E-state index in [1.807, 2.05) is 23.9 Å². The van der Waals surface area contributed by atoms with Gasteiger partial charge in [-0.25, -0.2) is 0 Å². The standard InChI is InChI=1S/C16H21ClO3S/c17-13-1-3-14(4-2-13)19-10-15(18)12-5-7-20-16(9-12)6-8-21-11-16/h1-4,12,15,18H,5-11H2. The van der Waals surface area contributed by atoms with E-state index in [2.05, 4.69) is 0 Å². The first-order valence-corrected chi connectivity index (χ1v) is 8.98. The van der Waals surface area contributed by atoms with Crippen molar-refractivity contribution in [2.75, 3.05) is 24.7 Å². The summed E-state index contributed by atoms with van der Waals surface area (Å²) < 4.78 is 11.7. The van der Waals surface area contributed by atoms with Gasteiger partial charge in [-0.3, -0.25) is 0 Å². The van der Waals surface area contributed by atoms with Crippen LogP contribution in [-0.2, 0) is 4.74 Å². The Kier molecular flexibility index (Phi) is 4.99. The molecule has 1 aromatic carbocycles. The molecule has 1 aromatic rings. The number of halogens is 1. The minimum absolute atomic E-state index is 0.00877. The van der Waals surface area contributed by atoms with Crippen molar-refractivity contribution in [2.24, 2.45) is 5.92 Å². The van der Waals surface area contributed by atoms with Gasteiger partial charge in [0.15, 0.2) is 0 Å². The van der Waals surface area contributed by atoms with Crippen LogP contribution >= 0.6 is 23.4 Å². The fourth-order valence-corrected chi connectivity index (χ4v) is 4.61. The van der Waals surface area contributed by atoms with Crippen molar-refractivity contribution in [3.63, 3.8) is 0 Å². The maximum absolute atomic E-state index is 10.4. The monoisotopic (exact) mass is 328 g/mol. The third-order valence-corrected chi connectivity index (χ3v) is 5.85. The molecular weight excluding hydrogens is 308 g/mol. The average molecular weight is 329 g/mol. The lowest BCUT2D eigenvalue weighted by atomic mass is 9.82. The van der Waals surface area contributed by atoms with Gasteiger partial charge in [0.1, 0.15) is 12.4 Å². The van der Waals surface area contributed by atoms with Crippen molar-refractivity contribution in [2.45, 2.75) is 31.0 Å². The normalized spacial score (nSPS) is 30.5. The van der Waals surface area contributed by atoms with E-state index < -0.39 is 6.10 Å². The third kappa shape index (κ3) is 3.86. The number of hydrogen-bond acceptors (Lipinski definition) is 4. The largest absolute Gasteiger partial charge is 0.491 e. The van der Waals surface area contributed by atoms with E-state index in [0.29, 0.717) is 11.6 Å². The molecule has 0 bridgehead atoms. The molecule has 116 valence electrons. The molecular formula is C16H21ClO3S. The summed E-state index contributed by atoms with van der Waals surface area (Å²) in [5.41, 5.74) is 0.00877. The van der Waals surface area contributed by atoms with Crippen molar-refractivity contribution < 1.29 is 14.6 Å². The molecule has 2 aliphatic heterocycles. The van der Waals surface area contributed by atoms with E-state index in [-0.39, 0.29) is 11.5 Å². The number of hydrogen-bond donors (Lipinski definition) is 1. The Morgan fingerprint density at radius 3 is 2.95 bits per heavy atom. The van der Waals surface area contributed by atoms with Crippen LogP contribution in [0.2, 0.25) is 5.02 Å². The Hall–Kier alpha value is -0.420. The maximum Gasteiger partial charge on any atom is 0.119 e. The zero-order valence-electron chi connectivity index (χ0n) is 12.0. The Labute approximate surface area is 135 Å². The van der Waals surface area contributed by atoms with Gasteiger partial charge in [0.25, 0.3) is 0 Å². The van der Waals surface area contributed by atoms with Crippen LogP contribution in [-0.4, -0.2) is 41.5 Å². The lowest BCUT2D eigenvalue weighted by molar-refractivity contribution is -0.105. The predicted molar refractivity (Wildman–Crippen MR) is 86.3 cm³/mol. The summed E-state index contributed by atoms with van der Waals surface area (Å²) in [6.07, 6.45) is 2.54. The molecule has 21 heavy (non-hydrogen) atoms. The second kappa shape index (κ2) is 6.78. The number of benzene rings is 1. The van der Waals surface area contributed by atoms with Crippen LogP contribution in [0.5, 0.6) is 5.75 Å². The molecule has 3 atom stereocenters. The first kappa shape index (κ1) is 15.5. The smallest absolute Gasteiger partial charge is 0.119 e. The minimum Gasteiger partial charge on any atom is -0.491 e. The first-order chi connectivity index (χ1) is 10.2. The van der Waals surface area contributed by atoms with Gasteiger partial charge < -0.3 is 14.6 Å². The van der Waals surface area contributed by atoms with Crippen molar-refractivity contribution in [3.8, 4) is 5.75 Å². The molecule has 2 fully saturated rings. The Morgan fingerprint density at radius 2 is 2.24 bits per heavy atom. The van der Waals surface area contributed by atoms with Crippen LogP contribution in [0.15, 0.2) is 24.3 Å². The molecule has 2 saturated heterocycles. The molecule has 3 nitrogen and oxygen atoms in total. The maximum atomic E-state index is 10.4. The highest BCUT2D eigenvalue weighted by atomic mass is 35.5. The van der Waals surface area contributed by atoms with Crippen LogP contribution in [0.3, 0.4) is 0 Å². The fourth-order valence-electron chi connectivity index (χ4n) is 3.11. The summed E-state index contributed by atoms with van der Waals surface area (Å²) in [5.74, 6) is 3.25. The summed E-state index contributed by atoms with van der Waals surface area (Å²) in [6, 6.07) is 7.24. The molecule has 2 aliphatic rings. The van der Waals surface area contributed by atoms with Gasteiger partial charge in [0, 0.05) is 17.4 Å². The topological polar surface area (TPSA) is 38.7 Å². The highest BCUT2D eigenvalue weighted by Crippen LogP contribution is 2.41. The molecule has 5 heteroatoms. The van der Waals surface area contributed by atoms with Crippen LogP contribution in [0.4, 0.5) is 0 Å². The van der Waals surface area contributed by atoms with Crippen LogP contribution < -0.4 is 4.74 Å². The molecule has 0 saturated carbocycles. The van der Waals surface area contributed by atoms with Crippen LogP contribution in [0.1, 0.15) is 19.3 Å². The number of aliphatic hydroxyl groups is 1. The Balaban J connectivity index is 1.52. The number of ether oxygens (including phenoxy) is 2. The van der Waals surface area contributed by atoms with Gasteiger partial charge in [-0.2, -0.15) is 11.8 Å². The van der Waals surface area contributed by atoms with Gasteiger partial charge in [-0.15, -0.1) is 0 Å². The molecule has 0 amide bonds.